The quantitative estimate of drug-likeness (QED) is 0.721. The second kappa shape index (κ2) is 6.64. The van der Waals surface area contributed by atoms with Gasteiger partial charge in [-0.2, -0.15) is 0 Å². The van der Waals surface area contributed by atoms with E-state index in [-0.39, 0.29) is 5.91 Å². The first kappa shape index (κ1) is 16.9. The summed E-state index contributed by atoms with van der Waals surface area (Å²) in [6.45, 7) is 0. The summed E-state index contributed by atoms with van der Waals surface area (Å²) in [4.78, 5) is 26.4. The molecule has 1 aromatic heterocycles. The highest BCUT2D eigenvalue weighted by atomic mass is 16.5. The minimum atomic E-state index is -0.438. The lowest BCUT2D eigenvalue weighted by molar-refractivity contribution is 0.0601. The number of ether oxygens (including phenoxy) is 1. The van der Waals surface area contributed by atoms with Crippen LogP contribution in [0.1, 0.15) is 32.6 Å². The molecule has 1 unspecified atom stereocenters. The number of nitrogens with zero attached hydrogens (tertiary/aromatic N) is 1. The van der Waals surface area contributed by atoms with Crippen LogP contribution in [0.5, 0.6) is 0 Å². The van der Waals surface area contributed by atoms with E-state index in [4.69, 9.17) is 9.15 Å². The van der Waals surface area contributed by atoms with Crippen molar-refractivity contribution in [3.8, 4) is 11.3 Å². The molecule has 0 bridgehead atoms. The van der Waals surface area contributed by atoms with Crippen molar-refractivity contribution in [1.82, 2.24) is 5.32 Å². The zero-order valence-corrected chi connectivity index (χ0v) is 14.9. The maximum atomic E-state index is 12.4. The summed E-state index contributed by atoms with van der Waals surface area (Å²) in [5.41, 5.74) is 2.52. The predicted molar refractivity (Wildman–Crippen MR) is 101 cm³/mol. The normalized spacial score (nSPS) is 15.9. The van der Waals surface area contributed by atoms with E-state index in [1.807, 2.05) is 36.2 Å². The molecule has 4 rings (SSSR count). The van der Waals surface area contributed by atoms with E-state index in [2.05, 4.69) is 5.32 Å². The Hall–Kier alpha value is -3.54. The lowest BCUT2D eigenvalue weighted by Gasteiger charge is -2.34. The molecule has 27 heavy (non-hydrogen) atoms. The van der Waals surface area contributed by atoms with Crippen LogP contribution >= 0.6 is 0 Å². The van der Waals surface area contributed by atoms with Crippen molar-refractivity contribution in [2.75, 3.05) is 19.1 Å². The molecule has 2 aromatic carbocycles. The fraction of sp³-hybridized carbons (Fsp3) is 0.143. The maximum absolute atomic E-state index is 12.4. The predicted octanol–water partition coefficient (Wildman–Crippen LogP) is 3.61. The zero-order valence-electron chi connectivity index (χ0n) is 14.9. The van der Waals surface area contributed by atoms with Crippen LogP contribution in [0.3, 0.4) is 0 Å². The Balaban J connectivity index is 1.71. The lowest BCUT2D eigenvalue weighted by Crippen LogP contribution is -2.44. The van der Waals surface area contributed by atoms with Gasteiger partial charge in [0.05, 0.1) is 23.9 Å². The van der Waals surface area contributed by atoms with E-state index >= 15 is 0 Å². The molecule has 1 N–H and O–H groups in total. The van der Waals surface area contributed by atoms with Gasteiger partial charge in [-0.15, -0.1) is 0 Å². The molecule has 0 spiro atoms. The van der Waals surface area contributed by atoms with Crippen LogP contribution in [-0.2, 0) is 4.74 Å². The monoisotopic (exact) mass is 362 g/mol. The number of nitrogens with one attached hydrogen (secondary N) is 1. The van der Waals surface area contributed by atoms with Gasteiger partial charge in [-0.1, -0.05) is 30.3 Å². The minimum Gasteiger partial charge on any atom is -0.465 e. The fourth-order valence-corrected chi connectivity index (χ4v) is 3.30. The second-order valence-corrected chi connectivity index (χ2v) is 6.24. The number of amides is 1. The first-order chi connectivity index (χ1) is 13.1. The number of hydrogen-bond donors (Lipinski definition) is 1. The number of furan rings is 1. The number of esters is 1. The number of hydrogen-bond acceptors (Lipinski definition) is 5. The van der Waals surface area contributed by atoms with Crippen molar-refractivity contribution in [2.45, 2.75) is 6.17 Å². The standard InChI is InChI=1S/C21H18N2O4/c1-23-16-10-6-5-9-15(16)20(24)22-19(23)18-12-11-17(27-18)13-7-3-4-8-14(13)21(25)26-2/h3-12,19H,1-2H3,(H,22,24). The Morgan fingerprint density at radius 2 is 1.74 bits per heavy atom. The largest absolute Gasteiger partial charge is 0.465 e. The van der Waals surface area contributed by atoms with E-state index in [1.165, 1.54) is 7.11 Å². The summed E-state index contributed by atoms with van der Waals surface area (Å²) in [5.74, 6) is 0.532. The third-order valence-electron chi connectivity index (χ3n) is 4.68. The molecule has 136 valence electrons. The molecule has 3 aromatic rings. The SMILES string of the molecule is COC(=O)c1ccccc1-c1ccc(C2NC(=O)c3ccccc3N2C)o1. The molecule has 1 aliphatic heterocycles. The molecule has 6 heteroatoms. The van der Waals surface area contributed by atoms with E-state index in [9.17, 15) is 9.59 Å². The van der Waals surface area contributed by atoms with E-state index in [1.54, 1.807) is 36.4 Å². The van der Waals surface area contributed by atoms with Crippen LogP contribution in [0.15, 0.2) is 65.1 Å². The number of methoxy groups -OCH3 is 1. The number of rotatable bonds is 3. The van der Waals surface area contributed by atoms with Gasteiger partial charge in [-0.25, -0.2) is 4.79 Å². The van der Waals surface area contributed by atoms with Gasteiger partial charge >= 0.3 is 5.97 Å². The van der Waals surface area contributed by atoms with Gasteiger partial charge < -0.3 is 19.4 Å². The second-order valence-electron chi connectivity index (χ2n) is 6.24. The third kappa shape index (κ3) is 2.85. The maximum Gasteiger partial charge on any atom is 0.338 e. The molecule has 0 fully saturated rings. The van der Waals surface area contributed by atoms with Crippen molar-refractivity contribution >= 4 is 17.6 Å². The van der Waals surface area contributed by atoms with Crippen molar-refractivity contribution in [3.05, 3.63) is 77.6 Å². The van der Waals surface area contributed by atoms with Gasteiger partial charge in [-0.3, -0.25) is 4.79 Å². The molecule has 2 heterocycles. The van der Waals surface area contributed by atoms with Gasteiger partial charge in [0.15, 0.2) is 6.17 Å². The Morgan fingerprint density at radius 1 is 1.04 bits per heavy atom. The van der Waals surface area contributed by atoms with Crippen LogP contribution in [0, 0.1) is 0 Å². The summed E-state index contributed by atoms with van der Waals surface area (Å²) >= 11 is 0. The molecule has 0 radical (unpaired) electrons. The molecule has 0 aliphatic carbocycles. The third-order valence-corrected chi connectivity index (χ3v) is 4.68. The summed E-state index contributed by atoms with van der Waals surface area (Å²) in [5, 5.41) is 2.95. The van der Waals surface area contributed by atoms with Crippen molar-refractivity contribution in [2.24, 2.45) is 0 Å². The van der Waals surface area contributed by atoms with Gasteiger partial charge in [0.2, 0.25) is 0 Å². The summed E-state index contributed by atoms with van der Waals surface area (Å²) in [7, 11) is 3.24. The lowest BCUT2D eigenvalue weighted by atomic mass is 10.1. The summed E-state index contributed by atoms with van der Waals surface area (Å²) in [6.07, 6.45) is -0.438. The molecular weight excluding hydrogens is 344 g/mol. The van der Waals surface area contributed by atoms with E-state index < -0.39 is 12.1 Å². The Kier molecular flexibility index (Phi) is 4.16. The van der Waals surface area contributed by atoms with Crippen LogP contribution in [0.2, 0.25) is 0 Å². The topological polar surface area (TPSA) is 71.8 Å². The van der Waals surface area contributed by atoms with Gasteiger partial charge in [0, 0.05) is 12.6 Å². The average Bonchev–Trinajstić information content (AvgIpc) is 3.20. The van der Waals surface area contributed by atoms with Crippen molar-refractivity contribution < 1.29 is 18.7 Å². The van der Waals surface area contributed by atoms with Crippen molar-refractivity contribution in [3.63, 3.8) is 0 Å². The van der Waals surface area contributed by atoms with Crippen LogP contribution in [-0.4, -0.2) is 26.0 Å². The number of carbonyl (C=O) groups is 2. The number of carbonyl (C=O) groups excluding carboxylic acids is 2. The van der Waals surface area contributed by atoms with Crippen molar-refractivity contribution in [1.29, 1.82) is 0 Å². The number of benzene rings is 2. The summed E-state index contributed by atoms with van der Waals surface area (Å²) in [6, 6.07) is 18.1. The van der Waals surface area contributed by atoms with Crippen LogP contribution in [0.25, 0.3) is 11.3 Å². The number of para-hydroxylation sites is 1. The van der Waals surface area contributed by atoms with E-state index in [0.29, 0.717) is 28.2 Å². The zero-order chi connectivity index (χ0) is 19.0. The highest BCUT2D eigenvalue weighted by molar-refractivity contribution is 6.02. The van der Waals surface area contributed by atoms with Crippen LogP contribution < -0.4 is 10.2 Å². The van der Waals surface area contributed by atoms with E-state index in [0.717, 1.165) is 5.69 Å². The molecule has 0 saturated carbocycles. The molecule has 0 saturated heterocycles. The summed E-state index contributed by atoms with van der Waals surface area (Å²) < 4.78 is 10.9. The Labute approximate surface area is 156 Å². The minimum absolute atomic E-state index is 0.151. The molecule has 6 nitrogen and oxygen atoms in total. The molecule has 1 amide bonds. The molecular formula is C21H18N2O4. The Bertz CT molecular complexity index is 1020. The van der Waals surface area contributed by atoms with Gasteiger partial charge in [0.25, 0.3) is 5.91 Å². The van der Waals surface area contributed by atoms with Crippen LogP contribution in [0.4, 0.5) is 5.69 Å². The number of anilines is 1. The smallest absolute Gasteiger partial charge is 0.338 e. The Morgan fingerprint density at radius 3 is 2.52 bits per heavy atom. The highest BCUT2D eigenvalue weighted by Gasteiger charge is 2.31. The average molecular weight is 362 g/mol. The fourth-order valence-electron chi connectivity index (χ4n) is 3.30. The first-order valence-electron chi connectivity index (χ1n) is 8.50. The molecule has 1 atom stereocenters. The first-order valence-corrected chi connectivity index (χ1v) is 8.50. The number of fused-ring (bicyclic) bond motifs is 1. The highest BCUT2D eigenvalue weighted by Crippen LogP contribution is 2.34. The molecule has 1 aliphatic rings. The van der Waals surface area contributed by atoms with Gasteiger partial charge in [-0.05, 0) is 30.3 Å². The van der Waals surface area contributed by atoms with Gasteiger partial charge in [0.1, 0.15) is 11.5 Å².